The third-order valence-corrected chi connectivity index (χ3v) is 5.86. The molecule has 0 spiro atoms. The Morgan fingerprint density at radius 1 is 1.09 bits per heavy atom. The molecule has 0 bridgehead atoms. The molecule has 8 nitrogen and oxygen atoms in total. The highest BCUT2D eigenvalue weighted by molar-refractivity contribution is 6.30. The second kappa shape index (κ2) is 10.1. The van der Waals surface area contributed by atoms with Gasteiger partial charge in [-0.15, -0.1) is 0 Å². The summed E-state index contributed by atoms with van der Waals surface area (Å²) in [5.74, 6) is 1.17. The average Bonchev–Trinajstić information content (AvgIpc) is 3.19. The molecule has 3 aromatic rings. The molecule has 3 amide bonds. The number of benzene rings is 2. The number of urea groups is 1. The first-order valence-electron chi connectivity index (χ1n) is 10.8. The van der Waals surface area contributed by atoms with Gasteiger partial charge in [0.1, 0.15) is 5.76 Å². The number of hydrogen-bond acceptors (Lipinski definition) is 5. The second-order valence-electron chi connectivity index (χ2n) is 7.88. The van der Waals surface area contributed by atoms with Crippen molar-refractivity contribution in [3.8, 4) is 11.5 Å². The fourth-order valence-electron chi connectivity index (χ4n) is 3.70. The smallest absolute Gasteiger partial charge is 0.321 e. The molecule has 1 aliphatic rings. The van der Waals surface area contributed by atoms with Crippen molar-refractivity contribution < 1.29 is 14.0 Å². The highest BCUT2D eigenvalue weighted by Gasteiger charge is 2.23. The largest absolute Gasteiger partial charge is 0.441 e. The Bertz CT molecular complexity index is 1140. The number of amides is 3. The van der Waals surface area contributed by atoms with Gasteiger partial charge in [0.15, 0.2) is 0 Å². The SMILES string of the molecule is CNC(=O)c1ccc(-c2nc(CN3CCN(C(=O)Nc4cccc(Cl)c4)CC3)c(C)o2)cc1. The normalized spacial score (nSPS) is 14.2. The first-order chi connectivity index (χ1) is 15.9. The van der Waals surface area contributed by atoms with E-state index in [1.54, 1.807) is 42.3 Å². The van der Waals surface area contributed by atoms with Gasteiger partial charge in [-0.25, -0.2) is 9.78 Å². The number of aryl methyl sites for hydroxylation is 1. The molecule has 4 rings (SSSR count). The Hall–Kier alpha value is -3.36. The lowest BCUT2D eigenvalue weighted by Crippen LogP contribution is -2.49. The number of carbonyl (C=O) groups is 2. The van der Waals surface area contributed by atoms with Crippen molar-refractivity contribution in [3.63, 3.8) is 0 Å². The minimum atomic E-state index is -0.133. The molecule has 0 aliphatic carbocycles. The zero-order valence-electron chi connectivity index (χ0n) is 18.6. The van der Waals surface area contributed by atoms with E-state index in [1.807, 2.05) is 25.1 Å². The monoisotopic (exact) mass is 467 g/mol. The second-order valence-corrected chi connectivity index (χ2v) is 8.32. The van der Waals surface area contributed by atoms with E-state index in [1.165, 1.54) is 0 Å². The Morgan fingerprint density at radius 3 is 2.48 bits per heavy atom. The minimum absolute atomic E-state index is 0.128. The highest BCUT2D eigenvalue weighted by atomic mass is 35.5. The summed E-state index contributed by atoms with van der Waals surface area (Å²) in [6.07, 6.45) is 0. The molecule has 2 aromatic carbocycles. The Kier molecular flexibility index (Phi) is 6.96. The van der Waals surface area contributed by atoms with Crippen molar-refractivity contribution in [2.75, 3.05) is 38.5 Å². The number of anilines is 1. The molecule has 2 N–H and O–H groups in total. The molecule has 0 radical (unpaired) electrons. The van der Waals surface area contributed by atoms with Gasteiger partial charge in [-0.1, -0.05) is 17.7 Å². The molecule has 1 saturated heterocycles. The van der Waals surface area contributed by atoms with Crippen LogP contribution < -0.4 is 10.6 Å². The zero-order chi connectivity index (χ0) is 23.4. The number of nitrogens with one attached hydrogen (secondary N) is 2. The van der Waals surface area contributed by atoms with Crippen LogP contribution >= 0.6 is 11.6 Å². The van der Waals surface area contributed by atoms with Gasteiger partial charge in [0, 0.05) is 61.6 Å². The summed E-state index contributed by atoms with van der Waals surface area (Å²) in [6.45, 7) is 5.28. The van der Waals surface area contributed by atoms with Gasteiger partial charge in [0.25, 0.3) is 5.91 Å². The fraction of sp³-hybridized carbons (Fsp3) is 0.292. The quantitative estimate of drug-likeness (QED) is 0.591. The van der Waals surface area contributed by atoms with Crippen molar-refractivity contribution in [1.29, 1.82) is 0 Å². The van der Waals surface area contributed by atoms with Crippen molar-refractivity contribution in [2.45, 2.75) is 13.5 Å². The molecule has 1 aromatic heterocycles. The van der Waals surface area contributed by atoms with Crippen LogP contribution in [0.15, 0.2) is 52.9 Å². The van der Waals surface area contributed by atoms with E-state index in [0.717, 1.165) is 30.1 Å². The highest BCUT2D eigenvalue weighted by Crippen LogP contribution is 2.23. The average molecular weight is 468 g/mol. The van der Waals surface area contributed by atoms with Crippen LogP contribution in [0.1, 0.15) is 21.8 Å². The van der Waals surface area contributed by atoms with E-state index >= 15 is 0 Å². The molecule has 0 saturated carbocycles. The fourth-order valence-corrected chi connectivity index (χ4v) is 3.89. The van der Waals surface area contributed by atoms with Crippen molar-refractivity contribution in [2.24, 2.45) is 0 Å². The van der Waals surface area contributed by atoms with Crippen LogP contribution in [-0.4, -0.2) is 59.9 Å². The number of halogens is 1. The molecule has 0 unspecified atom stereocenters. The van der Waals surface area contributed by atoms with Gasteiger partial charge in [-0.2, -0.15) is 0 Å². The Balaban J connectivity index is 1.33. The summed E-state index contributed by atoms with van der Waals surface area (Å²) >= 11 is 5.99. The van der Waals surface area contributed by atoms with E-state index in [2.05, 4.69) is 20.5 Å². The molecule has 1 aliphatic heterocycles. The maximum absolute atomic E-state index is 12.5. The van der Waals surface area contributed by atoms with Crippen molar-refractivity contribution in [1.82, 2.24) is 20.1 Å². The summed E-state index contributed by atoms with van der Waals surface area (Å²) in [7, 11) is 1.60. The number of oxazole rings is 1. The van der Waals surface area contributed by atoms with Crippen LogP contribution in [0, 0.1) is 6.92 Å². The van der Waals surface area contributed by atoms with Crippen LogP contribution in [0.5, 0.6) is 0 Å². The van der Waals surface area contributed by atoms with Gasteiger partial charge in [0.2, 0.25) is 5.89 Å². The van der Waals surface area contributed by atoms with E-state index in [9.17, 15) is 9.59 Å². The predicted octanol–water partition coefficient (Wildman–Crippen LogP) is 4.01. The lowest BCUT2D eigenvalue weighted by Gasteiger charge is -2.34. The molecule has 9 heteroatoms. The molecule has 1 fully saturated rings. The number of nitrogens with zero attached hydrogens (tertiary/aromatic N) is 3. The van der Waals surface area contributed by atoms with Crippen LogP contribution in [0.25, 0.3) is 11.5 Å². The number of aromatic nitrogens is 1. The minimum Gasteiger partial charge on any atom is -0.441 e. The van der Waals surface area contributed by atoms with Crippen LogP contribution in [0.2, 0.25) is 5.02 Å². The van der Waals surface area contributed by atoms with E-state index in [4.69, 9.17) is 16.0 Å². The van der Waals surface area contributed by atoms with Crippen molar-refractivity contribution >= 4 is 29.2 Å². The van der Waals surface area contributed by atoms with Crippen LogP contribution in [0.3, 0.4) is 0 Å². The zero-order valence-corrected chi connectivity index (χ0v) is 19.4. The summed E-state index contributed by atoms with van der Waals surface area (Å²) in [6, 6.07) is 14.2. The predicted molar refractivity (Wildman–Crippen MR) is 127 cm³/mol. The van der Waals surface area contributed by atoms with Crippen LogP contribution in [-0.2, 0) is 6.54 Å². The molecule has 172 valence electrons. The number of rotatable bonds is 5. The molecular weight excluding hydrogens is 442 g/mol. The number of hydrogen-bond donors (Lipinski definition) is 2. The molecule has 2 heterocycles. The van der Waals surface area contributed by atoms with Gasteiger partial charge in [0.05, 0.1) is 5.69 Å². The maximum atomic E-state index is 12.5. The Labute approximate surface area is 197 Å². The lowest BCUT2D eigenvalue weighted by molar-refractivity contribution is 0.0963. The van der Waals surface area contributed by atoms with Gasteiger partial charge in [-0.3, -0.25) is 9.69 Å². The first-order valence-corrected chi connectivity index (χ1v) is 11.1. The third-order valence-electron chi connectivity index (χ3n) is 5.62. The first kappa shape index (κ1) is 22.8. The van der Waals surface area contributed by atoms with Crippen LogP contribution in [0.4, 0.5) is 10.5 Å². The standard InChI is InChI=1S/C24H26ClN5O3/c1-16-21(28-23(33-16)18-8-6-17(7-9-18)22(31)26-2)15-29-10-12-30(13-11-29)24(32)27-20-5-3-4-19(25)14-20/h3-9,14H,10-13,15H2,1-2H3,(H,26,31)(H,27,32). The van der Waals surface area contributed by atoms with Crippen molar-refractivity contribution in [3.05, 3.63) is 70.6 Å². The topological polar surface area (TPSA) is 90.7 Å². The maximum Gasteiger partial charge on any atom is 0.321 e. The van der Waals surface area contributed by atoms with Gasteiger partial charge >= 0.3 is 6.03 Å². The van der Waals surface area contributed by atoms with Gasteiger partial charge in [-0.05, 0) is 49.4 Å². The number of carbonyl (C=O) groups excluding carboxylic acids is 2. The van der Waals surface area contributed by atoms with E-state index in [-0.39, 0.29) is 11.9 Å². The molecular formula is C24H26ClN5O3. The number of piperazine rings is 1. The van der Waals surface area contributed by atoms with E-state index < -0.39 is 0 Å². The summed E-state index contributed by atoms with van der Waals surface area (Å²) in [5, 5.41) is 6.09. The molecule has 0 atom stereocenters. The van der Waals surface area contributed by atoms with Gasteiger partial charge < -0.3 is 20.0 Å². The van der Waals surface area contributed by atoms with E-state index in [0.29, 0.717) is 41.8 Å². The Morgan fingerprint density at radius 2 is 1.82 bits per heavy atom. The summed E-state index contributed by atoms with van der Waals surface area (Å²) in [4.78, 5) is 33.0. The third kappa shape index (κ3) is 5.53. The molecule has 33 heavy (non-hydrogen) atoms. The lowest BCUT2D eigenvalue weighted by atomic mass is 10.1. The summed E-state index contributed by atoms with van der Waals surface area (Å²) < 4.78 is 5.88. The summed E-state index contributed by atoms with van der Waals surface area (Å²) in [5.41, 5.74) is 2.96.